The first-order valence-electron chi connectivity index (χ1n) is 5.79. The van der Waals surface area contributed by atoms with Crippen LogP contribution in [0.5, 0.6) is 0 Å². The van der Waals surface area contributed by atoms with Crippen LogP contribution in [0.25, 0.3) is 0 Å². The molecule has 0 rings (SSSR count). The van der Waals surface area contributed by atoms with Crippen molar-refractivity contribution in [2.45, 2.75) is 47.1 Å². The Bertz CT molecular complexity index is 310. The van der Waals surface area contributed by atoms with Gasteiger partial charge < -0.3 is 0 Å². The molecule has 0 aliphatic rings. The van der Waals surface area contributed by atoms with E-state index < -0.39 is 34.5 Å². The van der Waals surface area contributed by atoms with Crippen LogP contribution < -0.4 is 0 Å². The van der Waals surface area contributed by atoms with Crippen molar-refractivity contribution in [2.75, 3.05) is 13.2 Å². The van der Waals surface area contributed by atoms with Crippen LogP contribution in [0, 0.1) is 10.8 Å². The normalized spacial score (nSPS) is 14.8. The minimum atomic E-state index is -4.66. The van der Waals surface area contributed by atoms with Crippen molar-refractivity contribution in [3.8, 4) is 0 Å². The van der Waals surface area contributed by atoms with E-state index in [2.05, 4.69) is 0 Å². The second-order valence-electron chi connectivity index (χ2n) is 6.65. The molecule has 0 aromatic carbocycles. The Balaban J connectivity index is 4.78. The van der Waals surface area contributed by atoms with Crippen LogP contribution >= 0.6 is 18.2 Å². The topological polar surface area (TPSA) is 35.5 Å². The van der Waals surface area contributed by atoms with Crippen molar-refractivity contribution < 1.29 is 26.8 Å². The van der Waals surface area contributed by atoms with Gasteiger partial charge in [0.25, 0.3) is 0 Å². The second-order valence-corrected chi connectivity index (χ2v) is 10.6. The third-order valence-corrected chi connectivity index (χ3v) is 4.77. The molecule has 0 N–H and O–H groups in total. The molecule has 0 aliphatic heterocycles. The Kier molecular flexibility index (Phi) is 6.47. The summed E-state index contributed by atoms with van der Waals surface area (Å²) in [5, 5.41) is 0. The largest absolute Gasteiger partial charge is 0.452 e. The van der Waals surface area contributed by atoms with Crippen molar-refractivity contribution >= 4 is 18.2 Å². The maximum atomic E-state index is 12.4. The van der Waals surface area contributed by atoms with Gasteiger partial charge in [0.05, 0.1) is 24.6 Å². The molecule has 0 aromatic rings. The Morgan fingerprint density at radius 1 is 0.895 bits per heavy atom. The Morgan fingerprint density at radius 3 is 1.42 bits per heavy atom. The monoisotopic (exact) mass is 322 g/mol. The van der Waals surface area contributed by atoms with Gasteiger partial charge in [-0.25, -0.2) is 4.57 Å². The highest BCUT2D eigenvalue weighted by Crippen LogP contribution is 2.67. The molecule has 0 amide bonds. The molecule has 19 heavy (non-hydrogen) atoms. The molecule has 0 atom stereocenters. The summed E-state index contributed by atoms with van der Waals surface area (Å²) in [4.78, 5) is 0. The van der Waals surface area contributed by atoms with E-state index >= 15 is 0 Å². The summed E-state index contributed by atoms with van der Waals surface area (Å²) in [5.74, 6) is 0. The predicted molar refractivity (Wildman–Crippen MR) is 72.1 cm³/mol. The molecule has 0 fully saturated rings. The summed E-state index contributed by atoms with van der Waals surface area (Å²) in [6, 6.07) is 0. The van der Waals surface area contributed by atoms with Crippen molar-refractivity contribution in [3.05, 3.63) is 0 Å². The van der Waals surface area contributed by atoms with Gasteiger partial charge in [-0.15, -0.1) is 0 Å². The zero-order valence-electron chi connectivity index (χ0n) is 12.1. The quantitative estimate of drug-likeness (QED) is 0.628. The summed E-state index contributed by atoms with van der Waals surface area (Å²) < 4.78 is 59.3. The molecule has 0 unspecified atom stereocenters. The van der Waals surface area contributed by atoms with Crippen molar-refractivity contribution in [1.29, 1.82) is 0 Å². The van der Waals surface area contributed by atoms with Gasteiger partial charge in [0.15, 0.2) is 0 Å². The summed E-state index contributed by atoms with van der Waals surface area (Å²) in [6.45, 7) is 6.28. The SMILES string of the molecule is CC(C)(C)COP(=O)(OCC(C)(C)C)SC(F)(F)F. The first kappa shape index (κ1) is 19.3. The lowest BCUT2D eigenvalue weighted by atomic mass is 9.99. The molecule has 3 nitrogen and oxygen atoms in total. The summed E-state index contributed by atoms with van der Waals surface area (Å²) >= 11 is -0.703. The van der Waals surface area contributed by atoms with E-state index in [1.54, 1.807) is 41.5 Å². The lowest BCUT2D eigenvalue weighted by molar-refractivity contribution is -0.0320. The number of alkyl halides is 3. The zero-order valence-corrected chi connectivity index (χ0v) is 13.8. The maximum absolute atomic E-state index is 12.4. The third-order valence-electron chi connectivity index (χ3n) is 1.53. The highest BCUT2D eigenvalue weighted by atomic mass is 32.7. The molecular weight excluding hydrogens is 300 g/mol. The number of hydrogen-bond donors (Lipinski definition) is 0. The zero-order chi connectivity index (χ0) is 15.5. The molecule has 0 saturated heterocycles. The molecule has 8 heteroatoms. The van der Waals surface area contributed by atoms with Gasteiger partial charge in [0, 0.05) is 0 Å². The molecule has 0 bridgehead atoms. The van der Waals surface area contributed by atoms with Crippen LogP contribution in [0.1, 0.15) is 41.5 Å². The fourth-order valence-electron chi connectivity index (χ4n) is 0.762. The predicted octanol–water partition coefficient (Wildman–Crippen LogP) is 5.47. The van der Waals surface area contributed by atoms with Gasteiger partial charge in [0.2, 0.25) is 0 Å². The van der Waals surface area contributed by atoms with E-state index in [4.69, 9.17) is 9.05 Å². The number of halogens is 3. The first-order valence-corrected chi connectivity index (χ1v) is 8.75. The van der Waals surface area contributed by atoms with E-state index in [9.17, 15) is 17.7 Å². The van der Waals surface area contributed by atoms with Crippen LogP contribution in [0.15, 0.2) is 0 Å². The average Bonchev–Trinajstić information content (AvgIpc) is 2.07. The van der Waals surface area contributed by atoms with Crippen LogP contribution in [0.4, 0.5) is 13.2 Å². The first-order chi connectivity index (χ1) is 8.12. The standard InChI is InChI=1S/C11H22F3O3PS/c1-9(2,3)7-16-18(15,19-11(12,13)14)17-8-10(4,5)6/h7-8H2,1-6H3. The minimum Gasteiger partial charge on any atom is -0.300 e. The van der Waals surface area contributed by atoms with Gasteiger partial charge >= 0.3 is 12.3 Å². The number of rotatable bonds is 5. The van der Waals surface area contributed by atoms with Crippen LogP contribution in [-0.4, -0.2) is 18.7 Å². The van der Waals surface area contributed by atoms with Crippen LogP contribution in [-0.2, 0) is 13.6 Å². The van der Waals surface area contributed by atoms with E-state index in [-0.39, 0.29) is 13.2 Å². The van der Waals surface area contributed by atoms with Crippen LogP contribution in [0.2, 0.25) is 0 Å². The fourth-order valence-corrected chi connectivity index (χ4v) is 3.68. The van der Waals surface area contributed by atoms with Gasteiger partial charge in [-0.3, -0.25) is 9.05 Å². The van der Waals surface area contributed by atoms with Gasteiger partial charge in [-0.1, -0.05) is 41.5 Å². The molecule has 0 saturated carbocycles. The van der Waals surface area contributed by atoms with Crippen LogP contribution in [0.3, 0.4) is 0 Å². The molecule has 0 heterocycles. The summed E-state index contributed by atoms with van der Waals surface area (Å²) in [6.07, 6.45) is 0. The Morgan fingerprint density at radius 2 is 1.21 bits per heavy atom. The highest BCUT2D eigenvalue weighted by Gasteiger charge is 2.44. The molecule has 0 spiro atoms. The Hall–Kier alpha value is 0.290. The van der Waals surface area contributed by atoms with Crippen molar-refractivity contribution in [2.24, 2.45) is 10.8 Å². The van der Waals surface area contributed by atoms with E-state index in [0.29, 0.717) is 0 Å². The fraction of sp³-hybridized carbons (Fsp3) is 1.00. The highest BCUT2D eigenvalue weighted by molar-refractivity contribution is 8.55. The molecule has 0 radical (unpaired) electrons. The minimum absolute atomic E-state index is 0.0719. The van der Waals surface area contributed by atoms with E-state index in [1.807, 2.05) is 0 Å². The summed E-state index contributed by atoms with van der Waals surface area (Å²) in [7, 11) is 0. The number of hydrogen-bond acceptors (Lipinski definition) is 4. The Labute approximate surface area is 116 Å². The van der Waals surface area contributed by atoms with Crippen molar-refractivity contribution in [3.63, 3.8) is 0 Å². The third kappa shape index (κ3) is 11.8. The molecule has 0 aromatic heterocycles. The lowest BCUT2D eigenvalue weighted by Gasteiger charge is -2.26. The van der Waals surface area contributed by atoms with Gasteiger partial charge in [-0.05, 0) is 10.8 Å². The maximum Gasteiger partial charge on any atom is 0.452 e. The van der Waals surface area contributed by atoms with Crippen molar-refractivity contribution in [1.82, 2.24) is 0 Å². The van der Waals surface area contributed by atoms with E-state index in [1.165, 1.54) is 0 Å². The molecular formula is C11H22F3O3PS. The summed E-state index contributed by atoms with van der Waals surface area (Å²) in [5.41, 5.74) is -5.45. The smallest absolute Gasteiger partial charge is 0.300 e. The van der Waals surface area contributed by atoms with Gasteiger partial charge in [-0.2, -0.15) is 13.2 Å². The lowest BCUT2D eigenvalue weighted by Crippen LogP contribution is -2.18. The van der Waals surface area contributed by atoms with Gasteiger partial charge in [0.1, 0.15) is 0 Å². The van der Waals surface area contributed by atoms with E-state index in [0.717, 1.165) is 0 Å². The molecule has 0 aliphatic carbocycles. The second kappa shape index (κ2) is 6.37. The average molecular weight is 322 g/mol. The molecule has 116 valence electrons.